The van der Waals surface area contributed by atoms with Gasteiger partial charge in [0.05, 0.1) is 12.7 Å². The van der Waals surface area contributed by atoms with Crippen molar-refractivity contribution in [3.63, 3.8) is 0 Å². The number of carbonyl (C=O) groups excluding carboxylic acids is 1. The number of nitrogens with zero attached hydrogens (tertiary/aromatic N) is 3. The predicted molar refractivity (Wildman–Crippen MR) is 174 cm³/mol. The van der Waals surface area contributed by atoms with Gasteiger partial charge in [0.25, 0.3) is 0 Å². The number of ether oxygens (including phenoxy) is 2. The van der Waals surface area contributed by atoms with Gasteiger partial charge in [0.1, 0.15) is 11.5 Å². The number of aromatic nitrogens is 2. The van der Waals surface area contributed by atoms with Crippen LogP contribution in [0, 0.1) is 22.7 Å². The molecule has 0 aliphatic rings. The Kier molecular flexibility index (Phi) is 14.2. The van der Waals surface area contributed by atoms with E-state index in [2.05, 4.69) is 29.9 Å². The Hall–Kier alpha value is -3.72. The highest BCUT2D eigenvalue weighted by atomic mass is 16.5. The molecule has 6 heteroatoms. The molecule has 0 spiro atoms. The fourth-order valence-electron chi connectivity index (χ4n) is 5.36. The lowest BCUT2D eigenvalue weighted by molar-refractivity contribution is -0.145. The van der Waals surface area contributed by atoms with Gasteiger partial charge in [-0.1, -0.05) is 97.6 Å². The molecule has 3 aromatic rings. The second kappa shape index (κ2) is 18.1. The van der Waals surface area contributed by atoms with Crippen LogP contribution in [0.5, 0.6) is 11.5 Å². The molecule has 0 N–H and O–H groups in total. The minimum absolute atomic E-state index is 0.0735. The summed E-state index contributed by atoms with van der Waals surface area (Å²) in [6.45, 7) is 9.03. The molecular weight excluding hydrogens is 534 g/mol. The minimum Gasteiger partial charge on any atom is -0.494 e. The van der Waals surface area contributed by atoms with E-state index >= 15 is 0 Å². The quantitative estimate of drug-likeness (QED) is 0.0793. The molecule has 0 bridgehead atoms. The second-order valence-electron chi connectivity index (χ2n) is 11.5. The van der Waals surface area contributed by atoms with E-state index < -0.39 is 11.4 Å². The molecule has 1 heterocycles. The molecule has 0 radical (unpaired) electrons. The first kappa shape index (κ1) is 33.8. The fraction of sp³-hybridized carbons (Fsp3) is 0.514. The Labute approximate surface area is 258 Å². The van der Waals surface area contributed by atoms with Gasteiger partial charge < -0.3 is 9.47 Å². The van der Waals surface area contributed by atoms with E-state index in [1.54, 1.807) is 24.5 Å². The van der Waals surface area contributed by atoms with Crippen LogP contribution in [0.4, 0.5) is 0 Å². The van der Waals surface area contributed by atoms with Crippen LogP contribution in [-0.2, 0) is 4.79 Å². The van der Waals surface area contributed by atoms with E-state index in [-0.39, 0.29) is 5.92 Å². The number of carbonyl (C=O) groups is 1. The number of esters is 1. The summed E-state index contributed by atoms with van der Waals surface area (Å²) in [5.74, 6) is 1.39. The number of rotatable bonds is 19. The predicted octanol–water partition coefficient (Wildman–Crippen LogP) is 9.98. The molecule has 0 aliphatic heterocycles. The van der Waals surface area contributed by atoms with Crippen LogP contribution in [0.25, 0.3) is 22.5 Å². The van der Waals surface area contributed by atoms with Crippen molar-refractivity contribution in [1.29, 1.82) is 5.26 Å². The average Bonchev–Trinajstić information content (AvgIpc) is 3.04. The van der Waals surface area contributed by atoms with Crippen molar-refractivity contribution in [2.24, 2.45) is 11.3 Å². The Morgan fingerprint density at radius 1 is 0.767 bits per heavy atom. The lowest BCUT2D eigenvalue weighted by Crippen LogP contribution is -2.39. The topological polar surface area (TPSA) is 85.1 Å². The van der Waals surface area contributed by atoms with E-state index in [1.807, 2.05) is 50.2 Å². The number of nitriles is 1. The molecule has 0 unspecified atom stereocenters. The SMILES string of the molecule is CCCCCCCCOc1ccc(-c2ncc(-c3ccc(OC(=O)[C@@](C#N)(CC)[C@H](C)CCCCCC)cc3)cn2)cc1. The summed E-state index contributed by atoms with van der Waals surface area (Å²) >= 11 is 0. The van der Waals surface area contributed by atoms with Crippen molar-refractivity contribution in [3.8, 4) is 40.1 Å². The Morgan fingerprint density at radius 3 is 1.93 bits per heavy atom. The highest BCUT2D eigenvalue weighted by Gasteiger charge is 2.44. The van der Waals surface area contributed by atoms with Gasteiger partial charge >= 0.3 is 5.97 Å². The Balaban J connectivity index is 1.55. The number of hydrogen-bond donors (Lipinski definition) is 0. The largest absolute Gasteiger partial charge is 0.494 e. The molecular formula is C37H49N3O3. The van der Waals surface area contributed by atoms with Crippen LogP contribution in [0.15, 0.2) is 60.9 Å². The van der Waals surface area contributed by atoms with Crippen LogP contribution in [0.1, 0.15) is 105 Å². The van der Waals surface area contributed by atoms with Gasteiger partial charge in [-0.3, -0.25) is 0 Å². The smallest absolute Gasteiger partial charge is 0.332 e. The standard InChI is InChI=1S/C37H49N3O3/c1-5-8-10-12-13-15-25-42-33-21-19-31(20-22-33)35-39-26-32(27-40-35)30-17-23-34(24-18-30)43-36(41)37(7-3,28-38)29(4)16-14-11-9-6-2/h17-24,26-27,29H,5-16,25H2,1-4H3/t29-,37-/m1/s1. The van der Waals surface area contributed by atoms with Crippen molar-refractivity contribution >= 4 is 5.97 Å². The van der Waals surface area contributed by atoms with Crippen LogP contribution in [0.3, 0.4) is 0 Å². The van der Waals surface area contributed by atoms with Crippen molar-refractivity contribution in [2.45, 2.75) is 105 Å². The monoisotopic (exact) mass is 583 g/mol. The summed E-state index contributed by atoms with van der Waals surface area (Å²) in [7, 11) is 0. The van der Waals surface area contributed by atoms with Gasteiger partial charge in [-0.05, 0) is 67.1 Å². The molecule has 0 saturated heterocycles. The summed E-state index contributed by atoms with van der Waals surface area (Å²) in [6, 6.07) is 17.5. The third kappa shape index (κ3) is 9.92. The molecule has 0 fully saturated rings. The van der Waals surface area contributed by atoms with E-state index in [1.165, 1.54) is 38.5 Å². The van der Waals surface area contributed by atoms with E-state index in [0.717, 1.165) is 61.2 Å². The molecule has 6 nitrogen and oxygen atoms in total. The van der Waals surface area contributed by atoms with Gasteiger partial charge in [-0.25, -0.2) is 14.8 Å². The zero-order valence-electron chi connectivity index (χ0n) is 26.6. The normalized spacial score (nSPS) is 13.1. The maximum Gasteiger partial charge on any atom is 0.332 e. The van der Waals surface area contributed by atoms with E-state index in [4.69, 9.17) is 9.47 Å². The molecule has 0 aliphatic carbocycles. The first-order valence-corrected chi connectivity index (χ1v) is 16.3. The van der Waals surface area contributed by atoms with Crippen molar-refractivity contribution < 1.29 is 14.3 Å². The average molecular weight is 584 g/mol. The zero-order valence-corrected chi connectivity index (χ0v) is 26.6. The number of hydrogen-bond acceptors (Lipinski definition) is 6. The third-order valence-electron chi connectivity index (χ3n) is 8.38. The van der Waals surface area contributed by atoms with Gasteiger partial charge in [0.2, 0.25) is 0 Å². The summed E-state index contributed by atoms with van der Waals surface area (Å²) < 4.78 is 11.6. The Morgan fingerprint density at radius 2 is 1.33 bits per heavy atom. The molecule has 2 aromatic carbocycles. The minimum atomic E-state index is -1.15. The second-order valence-corrected chi connectivity index (χ2v) is 11.5. The lowest BCUT2D eigenvalue weighted by atomic mass is 9.73. The number of unbranched alkanes of at least 4 members (excludes halogenated alkanes) is 8. The summed E-state index contributed by atoms with van der Waals surface area (Å²) in [5, 5.41) is 10.0. The van der Waals surface area contributed by atoms with Crippen molar-refractivity contribution in [1.82, 2.24) is 9.97 Å². The summed E-state index contributed by atoms with van der Waals surface area (Å²) in [6.07, 6.45) is 16.8. The molecule has 43 heavy (non-hydrogen) atoms. The molecule has 1 aromatic heterocycles. The van der Waals surface area contributed by atoms with Crippen molar-refractivity contribution in [3.05, 3.63) is 60.9 Å². The van der Waals surface area contributed by atoms with Gasteiger partial charge in [-0.2, -0.15) is 5.26 Å². The maximum atomic E-state index is 13.2. The fourth-order valence-corrected chi connectivity index (χ4v) is 5.36. The highest BCUT2D eigenvalue weighted by molar-refractivity contribution is 5.82. The molecule has 0 saturated carbocycles. The molecule has 0 amide bonds. The van der Waals surface area contributed by atoms with E-state index in [9.17, 15) is 10.1 Å². The Bertz CT molecular complexity index is 1270. The van der Waals surface area contributed by atoms with Crippen LogP contribution in [0.2, 0.25) is 0 Å². The lowest BCUT2D eigenvalue weighted by Gasteiger charge is -2.29. The van der Waals surface area contributed by atoms with Gasteiger partial charge in [-0.15, -0.1) is 0 Å². The molecule has 3 rings (SSSR count). The van der Waals surface area contributed by atoms with Crippen LogP contribution < -0.4 is 9.47 Å². The van der Waals surface area contributed by atoms with Crippen LogP contribution in [-0.4, -0.2) is 22.5 Å². The molecule has 2 atom stereocenters. The summed E-state index contributed by atoms with van der Waals surface area (Å²) in [4.78, 5) is 22.4. The first-order chi connectivity index (χ1) is 21.0. The summed E-state index contributed by atoms with van der Waals surface area (Å²) in [5.41, 5.74) is 1.56. The maximum absolute atomic E-state index is 13.2. The van der Waals surface area contributed by atoms with Gasteiger partial charge in [0.15, 0.2) is 11.2 Å². The first-order valence-electron chi connectivity index (χ1n) is 16.3. The number of benzene rings is 2. The third-order valence-corrected chi connectivity index (χ3v) is 8.38. The van der Waals surface area contributed by atoms with Crippen LogP contribution >= 0.6 is 0 Å². The van der Waals surface area contributed by atoms with Gasteiger partial charge in [0, 0.05) is 23.5 Å². The van der Waals surface area contributed by atoms with Crippen molar-refractivity contribution in [2.75, 3.05) is 6.61 Å². The van der Waals surface area contributed by atoms with E-state index in [0.29, 0.717) is 18.0 Å². The molecule has 230 valence electrons. The highest BCUT2D eigenvalue weighted by Crippen LogP contribution is 2.36. The zero-order chi connectivity index (χ0) is 30.9.